The molecule has 0 aliphatic carbocycles. The summed E-state index contributed by atoms with van der Waals surface area (Å²) in [5.74, 6) is 0.430. The molecule has 0 saturated carbocycles. The van der Waals surface area contributed by atoms with Crippen LogP contribution in [0.4, 0.5) is 5.69 Å². The highest BCUT2D eigenvalue weighted by Crippen LogP contribution is 2.13. The van der Waals surface area contributed by atoms with Crippen LogP contribution in [-0.2, 0) is 16.1 Å². The summed E-state index contributed by atoms with van der Waals surface area (Å²) in [6.07, 6.45) is 0.827. The summed E-state index contributed by atoms with van der Waals surface area (Å²) in [7, 11) is 0. The average molecular weight is 355 g/mol. The van der Waals surface area contributed by atoms with Crippen LogP contribution < -0.4 is 11.1 Å². The maximum Gasteiger partial charge on any atom is 0.193 e. The topological polar surface area (TPSA) is 68.9 Å². The zero-order chi connectivity index (χ0) is 18.6. The third kappa shape index (κ3) is 7.68. The zero-order valence-electron chi connectivity index (χ0n) is 15.7. The van der Waals surface area contributed by atoms with Crippen LogP contribution in [-0.4, -0.2) is 32.3 Å². The Bertz CT molecular complexity index is 687. The van der Waals surface area contributed by atoms with Crippen LogP contribution in [0.5, 0.6) is 0 Å². The van der Waals surface area contributed by atoms with Gasteiger partial charge in [-0.2, -0.15) is 0 Å². The van der Waals surface area contributed by atoms with Crippen LogP contribution in [0.2, 0.25) is 0 Å². The standard InChI is InChI=1S/C21H29N3O2/c1-17-9-10-20(15-18(17)2)24-21(22)23-11-6-12-25-13-14-26-16-19-7-4-3-5-8-19/h3-5,7-10,15H,6,11-14,16H2,1-2H3,(H3,22,23,24). The number of nitrogens with zero attached hydrogens (tertiary/aromatic N) is 1. The first-order valence-electron chi connectivity index (χ1n) is 8.99. The highest BCUT2D eigenvalue weighted by molar-refractivity contribution is 5.92. The van der Waals surface area contributed by atoms with Gasteiger partial charge >= 0.3 is 0 Å². The average Bonchev–Trinajstić information content (AvgIpc) is 2.64. The molecule has 0 aliphatic rings. The Morgan fingerprint density at radius 3 is 2.50 bits per heavy atom. The first-order valence-corrected chi connectivity index (χ1v) is 8.99. The summed E-state index contributed by atoms with van der Waals surface area (Å²) in [6.45, 7) is 7.25. The van der Waals surface area contributed by atoms with E-state index in [1.54, 1.807) is 0 Å². The summed E-state index contributed by atoms with van der Waals surface area (Å²) in [6, 6.07) is 16.3. The summed E-state index contributed by atoms with van der Waals surface area (Å²) < 4.78 is 11.1. The van der Waals surface area contributed by atoms with Gasteiger partial charge in [0.05, 0.1) is 19.8 Å². The molecule has 0 atom stereocenters. The van der Waals surface area contributed by atoms with Gasteiger partial charge in [-0.25, -0.2) is 0 Å². The van der Waals surface area contributed by atoms with E-state index in [-0.39, 0.29) is 0 Å². The van der Waals surface area contributed by atoms with Gasteiger partial charge in [0, 0.05) is 18.8 Å². The van der Waals surface area contributed by atoms with E-state index in [0.717, 1.165) is 12.1 Å². The van der Waals surface area contributed by atoms with E-state index >= 15 is 0 Å². The number of guanidine groups is 1. The van der Waals surface area contributed by atoms with E-state index in [9.17, 15) is 0 Å². The molecule has 26 heavy (non-hydrogen) atoms. The van der Waals surface area contributed by atoms with Gasteiger partial charge in [-0.1, -0.05) is 36.4 Å². The van der Waals surface area contributed by atoms with Gasteiger partial charge in [-0.05, 0) is 49.1 Å². The van der Waals surface area contributed by atoms with Crippen LogP contribution in [0.25, 0.3) is 0 Å². The number of nitrogens with one attached hydrogen (secondary N) is 1. The van der Waals surface area contributed by atoms with Gasteiger partial charge < -0.3 is 20.5 Å². The normalized spacial score (nSPS) is 11.5. The molecule has 2 rings (SSSR count). The van der Waals surface area contributed by atoms with E-state index in [1.165, 1.54) is 16.7 Å². The fourth-order valence-electron chi connectivity index (χ4n) is 2.36. The Labute approximate surface area is 156 Å². The summed E-state index contributed by atoms with van der Waals surface area (Å²) >= 11 is 0. The van der Waals surface area contributed by atoms with Crippen molar-refractivity contribution in [2.75, 3.05) is 31.7 Å². The molecule has 0 bridgehead atoms. The van der Waals surface area contributed by atoms with Crippen LogP contribution in [0.15, 0.2) is 53.5 Å². The third-order valence-electron chi connectivity index (χ3n) is 3.99. The molecule has 2 aromatic rings. The molecule has 0 aromatic heterocycles. The zero-order valence-corrected chi connectivity index (χ0v) is 15.7. The second-order valence-corrected chi connectivity index (χ2v) is 6.20. The maximum atomic E-state index is 5.91. The molecule has 140 valence electrons. The Hall–Kier alpha value is -2.37. The van der Waals surface area contributed by atoms with E-state index < -0.39 is 0 Å². The van der Waals surface area contributed by atoms with Crippen molar-refractivity contribution in [3.05, 3.63) is 65.2 Å². The Balaban J connectivity index is 1.51. The van der Waals surface area contributed by atoms with Gasteiger partial charge in [0.15, 0.2) is 5.96 Å². The Morgan fingerprint density at radius 1 is 0.962 bits per heavy atom. The van der Waals surface area contributed by atoms with Gasteiger partial charge in [0.2, 0.25) is 0 Å². The molecule has 0 heterocycles. The van der Waals surface area contributed by atoms with Gasteiger partial charge in [0.1, 0.15) is 0 Å². The van der Waals surface area contributed by atoms with Crippen molar-refractivity contribution in [2.45, 2.75) is 26.9 Å². The minimum Gasteiger partial charge on any atom is -0.379 e. The third-order valence-corrected chi connectivity index (χ3v) is 3.99. The van der Waals surface area contributed by atoms with E-state index in [4.69, 9.17) is 15.2 Å². The minimum absolute atomic E-state index is 0.430. The fraction of sp³-hybridized carbons (Fsp3) is 0.381. The number of ether oxygens (including phenoxy) is 2. The SMILES string of the molecule is Cc1ccc(NC(N)=NCCCOCCOCc2ccccc2)cc1C. The van der Waals surface area contributed by atoms with Crippen molar-refractivity contribution in [3.63, 3.8) is 0 Å². The molecule has 0 spiro atoms. The molecule has 3 N–H and O–H groups in total. The maximum absolute atomic E-state index is 5.91. The quantitative estimate of drug-likeness (QED) is 0.388. The van der Waals surface area contributed by atoms with Crippen molar-refractivity contribution in [2.24, 2.45) is 10.7 Å². The number of hydrogen-bond acceptors (Lipinski definition) is 3. The lowest BCUT2D eigenvalue weighted by atomic mass is 10.1. The first kappa shape index (κ1) is 19.9. The van der Waals surface area contributed by atoms with E-state index in [1.807, 2.05) is 24.3 Å². The number of aryl methyl sites for hydroxylation is 2. The van der Waals surface area contributed by atoms with Crippen LogP contribution >= 0.6 is 0 Å². The van der Waals surface area contributed by atoms with Crippen molar-refractivity contribution >= 4 is 11.6 Å². The first-order chi connectivity index (χ1) is 12.6. The number of hydrogen-bond donors (Lipinski definition) is 2. The number of anilines is 1. The molecule has 0 amide bonds. The molecule has 0 unspecified atom stereocenters. The number of nitrogens with two attached hydrogens (primary N) is 1. The smallest absolute Gasteiger partial charge is 0.193 e. The highest BCUT2D eigenvalue weighted by Gasteiger charge is 1.98. The lowest BCUT2D eigenvalue weighted by Crippen LogP contribution is -2.23. The second-order valence-electron chi connectivity index (χ2n) is 6.20. The molecular formula is C21H29N3O2. The molecule has 0 radical (unpaired) electrons. The summed E-state index contributed by atoms with van der Waals surface area (Å²) in [5.41, 5.74) is 10.5. The summed E-state index contributed by atoms with van der Waals surface area (Å²) in [4.78, 5) is 4.32. The van der Waals surface area contributed by atoms with E-state index in [2.05, 4.69) is 48.4 Å². The Morgan fingerprint density at radius 2 is 1.73 bits per heavy atom. The van der Waals surface area contributed by atoms with Crippen LogP contribution in [0, 0.1) is 13.8 Å². The molecule has 0 fully saturated rings. The summed E-state index contributed by atoms with van der Waals surface area (Å²) in [5, 5.41) is 3.11. The number of rotatable bonds is 10. The van der Waals surface area contributed by atoms with Gasteiger partial charge in [0.25, 0.3) is 0 Å². The fourth-order valence-corrected chi connectivity index (χ4v) is 2.36. The van der Waals surface area contributed by atoms with Crippen molar-refractivity contribution in [3.8, 4) is 0 Å². The number of aliphatic imine (C=N–C) groups is 1. The molecule has 5 heteroatoms. The van der Waals surface area contributed by atoms with Gasteiger partial charge in [-0.3, -0.25) is 4.99 Å². The van der Waals surface area contributed by atoms with Crippen molar-refractivity contribution in [1.82, 2.24) is 0 Å². The van der Waals surface area contributed by atoms with E-state index in [0.29, 0.717) is 38.9 Å². The molecular weight excluding hydrogens is 326 g/mol. The lowest BCUT2D eigenvalue weighted by Gasteiger charge is -2.08. The monoisotopic (exact) mass is 355 g/mol. The lowest BCUT2D eigenvalue weighted by molar-refractivity contribution is 0.0403. The molecule has 0 aliphatic heterocycles. The van der Waals surface area contributed by atoms with Crippen molar-refractivity contribution < 1.29 is 9.47 Å². The van der Waals surface area contributed by atoms with Crippen LogP contribution in [0.3, 0.4) is 0 Å². The molecule has 0 saturated heterocycles. The highest BCUT2D eigenvalue weighted by atomic mass is 16.5. The van der Waals surface area contributed by atoms with Gasteiger partial charge in [-0.15, -0.1) is 0 Å². The molecule has 5 nitrogen and oxygen atoms in total. The second kappa shape index (κ2) is 11.3. The van der Waals surface area contributed by atoms with Crippen molar-refractivity contribution in [1.29, 1.82) is 0 Å². The predicted molar refractivity (Wildman–Crippen MR) is 108 cm³/mol. The predicted octanol–water partition coefficient (Wildman–Crippen LogP) is 3.65. The van der Waals surface area contributed by atoms with Crippen LogP contribution in [0.1, 0.15) is 23.1 Å². The number of benzene rings is 2. The Kier molecular flexibility index (Phi) is 8.66. The minimum atomic E-state index is 0.430. The molecule has 2 aromatic carbocycles. The largest absolute Gasteiger partial charge is 0.379 e.